The number of nitrogens with zero attached hydrogens (tertiary/aromatic N) is 4. The number of hydrogen-bond acceptors (Lipinski definition) is 4. The van der Waals surface area contributed by atoms with E-state index in [1.165, 1.54) is 5.56 Å². The summed E-state index contributed by atoms with van der Waals surface area (Å²) in [6, 6.07) is 10.4. The standard InChI is InChI=1S/C15H18N6O/c1-11(12-5-3-2-4-6-12)9-13-10-21(20-17-13)8-7-14-16-15(22)19-18-14/h2-6,10-11H,7-9H2,1H3,(H2,16,18,19,22). The van der Waals surface area contributed by atoms with Crippen molar-refractivity contribution in [1.29, 1.82) is 0 Å². The number of aromatic amines is 2. The summed E-state index contributed by atoms with van der Waals surface area (Å²) in [7, 11) is 0. The lowest BCUT2D eigenvalue weighted by molar-refractivity contribution is 0.578. The molecule has 114 valence electrons. The Kier molecular flexibility index (Phi) is 4.13. The number of nitrogens with one attached hydrogen (secondary N) is 2. The monoisotopic (exact) mass is 298 g/mol. The third-order valence-corrected chi connectivity index (χ3v) is 3.60. The normalized spacial score (nSPS) is 12.4. The Morgan fingerprint density at radius 3 is 2.82 bits per heavy atom. The molecule has 0 aliphatic rings. The summed E-state index contributed by atoms with van der Waals surface area (Å²) in [6.07, 6.45) is 3.41. The zero-order chi connectivity index (χ0) is 15.4. The Morgan fingerprint density at radius 1 is 1.27 bits per heavy atom. The maximum atomic E-state index is 11.0. The van der Waals surface area contributed by atoms with Gasteiger partial charge in [-0.1, -0.05) is 42.5 Å². The van der Waals surface area contributed by atoms with Crippen molar-refractivity contribution in [3.63, 3.8) is 0 Å². The van der Waals surface area contributed by atoms with Gasteiger partial charge >= 0.3 is 5.69 Å². The second-order valence-corrected chi connectivity index (χ2v) is 5.36. The minimum atomic E-state index is -0.286. The van der Waals surface area contributed by atoms with Gasteiger partial charge in [-0.15, -0.1) is 5.10 Å². The van der Waals surface area contributed by atoms with E-state index >= 15 is 0 Å². The van der Waals surface area contributed by atoms with Crippen LogP contribution in [0.5, 0.6) is 0 Å². The van der Waals surface area contributed by atoms with Crippen molar-refractivity contribution < 1.29 is 0 Å². The van der Waals surface area contributed by atoms with E-state index in [9.17, 15) is 4.79 Å². The van der Waals surface area contributed by atoms with Gasteiger partial charge in [0.15, 0.2) is 0 Å². The smallest absolute Gasteiger partial charge is 0.293 e. The van der Waals surface area contributed by atoms with Crippen LogP contribution in [0.3, 0.4) is 0 Å². The second-order valence-electron chi connectivity index (χ2n) is 5.36. The van der Waals surface area contributed by atoms with Gasteiger partial charge < -0.3 is 0 Å². The van der Waals surface area contributed by atoms with E-state index in [1.54, 1.807) is 4.68 Å². The number of aryl methyl sites for hydroxylation is 2. The maximum absolute atomic E-state index is 11.0. The highest BCUT2D eigenvalue weighted by molar-refractivity contribution is 5.20. The van der Waals surface area contributed by atoms with Gasteiger partial charge in [0.05, 0.1) is 5.69 Å². The highest BCUT2D eigenvalue weighted by Crippen LogP contribution is 2.18. The van der Waals surface area contributed by atoms with E-state index in [0.29, 0.717) is 24.7 Å². The molecule has 0 aliphatic carbocycles. The Hall–Kier alpha value is -2.70. The fourth-order valence-electron chi connectivity index (χ4n) is 2.40. The molecule has 0 spiro atoms. The molecule has 0 aliphatic heterocycles. The topological polar surface area (TPSA) is 92.2 Å². The first-order chi connectivity index (χ1) is 10.7. The maximum Gasteiger partial charge on any atom is 0.340 e. The zero-order valence-corrected chi connectivity index (χ0v) is 12.4. The van der Waals surface area contributed by atoms with Crippen LogP contribution in [0.1, 0.15) is 29.9 Å². The van der Waals surface area contributed by atoms with Crippen LogP contribution in [0, 0.1) is 0 Å². The van der Waals surface area contributed by atoms with Gasteiger partial charge in [0.25, 0.3) is 0 Å². The molecule has 3 rings (SSSR count). The molecule has 22 heavy (non-hydrogen) atoms. The highest BCUT2D eigenvalue weighted by Gasteiger charge is 2.09. The van der Waals surface area contributed by atoms with Crippen LogP contribution >= 0.6 is 0 Å². The van der Waals surface area contributed by atoms with Gasteiger partial charge in [0, 0.05) is 19.2 Å². The van der Waals surface area contributed by atoms with Crippen molar-refractivity contribution >= 4 is 0 Å². The predicted molar refractivity (Wildman–Crippen MR) is 81.5 cm³/mol. The van der Waals surface area contributed by atoms with E-state index in [2.05, 4.69) is 44.5 Å². The van der Waals surface area contributed by atoms with Crippen LogP contribution in [0.25, 0.3) is 0 Å². The van der Waals surface area contributed by atoms with Gasteiger partial charge in [0.1, 0.15) is 5.82 Å². The average Bonchev–Trinajstić information content (AvgIpc) is 3.15. The SMILES string of the molecule is CC(Cc1cn(CCc2n[nH]c(=O)[nH]2)nn1)c1ccccc1. The molecule has 0 saturated heterocycles. The summed E-state index contributed by atoms with van der Waals surface area (Å²) in [5.74, 6) is 1.02. The zero-order valence-electron chi connectivity index (χ0n) is 12.4. The van der Waals surface area contributed by atoms with Gasteiger partial charge in [-0.25, -0.2) is 9.89 Å². The summed E-state index contributed by atoms with van der Waals surface area (Å²) in [6.45, 7) is 2.82. The lowest BCUT2D eigenvalue weighted by Crippen LogP contribution is -2.05. The third-order valence-electron chi connectivity index (χ3n) is 3.60. The minimum Gasteiger partial charge on any atom is -0.293 e. The molecule has 0 amide bonds. The molecule has 0 bridgehead atoms. The summed E-state index contributed by atoms with van der Waals surface area (Å²) >= 11 is 0. The average molecular weight is 298 g/mol. The van der Waals surface area contributed by atoms with Crippen molar-refractivity contribution in [1.82, 2.24) is 30.2 Å². The molecular weight excluding hydrogens is 280 g/mol. The fraction of sp³-hybridized carbons (Fsp3) is 0.333. The lowest BCUT2D eigenvalue weighted by Gasteiger charge is -2.09. The largest absolute Gasteiger partial charge is 0.340 e. The first kappa shape index (κ1) is 14.2. The van der Waals surface area contributed by atoms with Crippen molar-refractivity contribution in [3.05, 3.63) is 64.1 Å². The Bertz CT molecular complexity index is 772. The molecular formula is C15H18N6O. The van der Waals surface area contributed by atoms with E-state index in [0.717, 1.165) is 12.1 Å². The molecule has 1 unspecified atom stereocenters. The quantitative estimate of drug-likeness (QED) is 0.717. The summed E-state index contributed by atoms with van der Waals surface area (Å²) in [4.78, 5) is 13.6. The minimum absolute atomic E-state index is 0.286. The molecule has 0 radical (unpaired) electrons. The molecule has 1 aromatic carbocycles. The Morgan fingerprint density at radius 2 is 2.09 bits per heavy atom. The lowest BCUT2D eigenvalue weighted by atomic mass is 9.97. The summed E-state index contributed by atoms with van der Waals surface area (Å²) < 4.78 is 1.78. The number of benzene rings is 1. The van der Waals surface area contributed by atoms with Gasteiger partial charge in [-0.05, 0) is 17.9 Å². The summed E-state index contributed by atoms with van der Waals surface area (Å²) in [5, 5.41) is 14.6. The van der Waals surface area contributed by atoms with Crippen molar-refractivity contribution in [2.75, 3.05) is 0 Å². The Balaban J connectivity index is 1.58. The van der Waals surface area contributed by atoms with Crippen LogP contribution in [-0.4, -0.2) is 30.2 Å². The second kappa shape index (κ2) is 6.38. The number of rotatable bonds is 6. The van der Waals surface area contributed by atoms with Gasteiger partial charge in [0.2, 0.25) is 0 Å². The molecule has 7 nitrogen and oxygen atoms in total. The number of aromatic nitrogens is 6. The van der Waals surface area contributed by atoms with Crippen molar-refractivity contribution in [2.45, 2.75) is 32.2 Å². The molecule has 3 aromatic rings. The van der Waals surface area contributed by atoms with E-state index in [1.807, 2.05) is 24.4 Å². The molecule has 2 aromatic heterocycles. The summed E-state index contributed by atoms with van der Waals surface area (Å²) in [5.41, 5.74) is 1.98. The van der Waals surface area contributed by atoms with Gasteiger partial charge in [-0.3, -0.25) is 9.67 Å². The fourth-order valence-corrected chi connectivity index (χ4v) is 2.40. The van der Waals surface area contributed by atoms with Crippen LogP contribution in [0.4, 0.5) is 0 Å². The number of H-pyrrole nitrogens is 2. The molecule has 7 heteroatoms. The van der Waals surface area contributed by atoms with Crippen LogP contribution < -0.4 is 5.69 Å². The third kappa shape index (κ3) is 3.49. The van der Waals surface area contributed by atoms with Crippen LogP contribution in [-0.2, 0) is 19.4 Å². The molecule has 2 N–H and O–H groups in total. The molecule has 0 fully saturated rings. The van der Waals surface area contributed by atoms with Crippen LogP contribution in [0.15, 0.2) is 41.3 Å². The molecule has 2 heterocycles. The highest BCUT2D eigenvalue weighted by atomic mass is 16.1. The first-order valence-corrected chi connectivity index (χ1v) is 7.28. The number of hydrogen-bond donors (Lipinski definition) is 2. The molecule has 1 atom stereocenters. The first-order valence-electron chi connectivity index (χ1n) is 7.28. The van der Waals surface area contributed by atoms with E-state index < -0.39 is 0 Å². The van der Waals surface area contributed by atoms with Crippen molar-refractivity contribution in [2.24, 2.45) is 0 Å². The van der Waals surface area contributed by atoms with Crippen LogP contribution in [0.2, 0.25) is 0 Å². The van der Waals surface area contributed by atoms with Gasteiger partial charge in [-0.2, -0.15) is 5.10 Å². The van der Waals surface area contributed by atoms with E-state index in [-0.39, 0.29) is 5.69 Å². The molecule has 0 saturated carbocycles. The van der Waals surface area contributed by atoms with Crippen molar-refractivity contribution in [3.8, 4) is 0 Å². The predicted octanol–water partition coefficient (Wildman–Crippen LogP) is 1.28. The Labute approximate surface area is 127 Å². The van der Waals surface area contributed by atoms with E-state index in [4.69, 9.17) is 0 Å².